The Balaban J connectivity index is 1.82. The van der Waals surface area contributed by atoms with E-state index >= 15 is 0 Å². The van der Waals surface area contributed by atoms with E-state index in [1.165, 1.54) is 5.56 Å². The second kappa shape index (κ2) is 5.47. The molecule has 0 aliphatic carbocycles. The van der Waals surface area contributed by atoms with Crippen LogP contribution in [0.3, 0.4) is 0 Å². The Hall–Kier alpha value is -0.910. The third kappa shape index (κ3) is 2.50. The van der Waals surface area contributed by atoms with Crippen molar-refractivity contribution in [1.82, 2.24) is 10.2 Å². The van der Waals surface area contributed by atoms with Crippen LogP contribution in [0.5, 0.6) is 0 Å². The molecule has 1 amide bonds. The molecule has 0 aromatic carbocycles. The van der Waals surface area contributed by atoms with Gasteiger partial charge in [0.2, 0.25) is 5.91 Å². The van der Waals surface area contributed by atoms with Crippen LogP contribution in [0.15, 0.2) is 16.8 Å². The molecule has 0 radical (unpaired) electrons. The molecule has 3 rings (SSSR count). The Bertz CT molecular complexity index is 468. The monoisotopic (exact) mass is 294 g/mol. The number of carbonyl (C=O) groups excluding carboxylic acids is 1. The summed E-state index contributed by atoms with van der Waals surface area (Å²) in [7, 11) is 0. The third-order valence-corrected chi connectivity index (χ3v) is 5.03. The molecule has 110 valence electrons. The van der Waals surface area contributed by atoms with E-state index in [-0.39, 0.29) is 23.7 Å². The molecule has 3 unspecified atom stereocenters. The molecule has 1 N–H and O–H groups in total. The number of ether oxygens (including phenoxy) is 1. The van der Waals surface area contributed by atoms with Crippen LogP contribution in [-0.4, -0.2) is 35.6 Å². The maximum atomic E-state index is 12.6. The van der Waals surface area contributed by atoms with Crippen LogP contribution in [0, 0.1) is 0 Å². The molecule has 4 nitrogen and oxygen atoms in total. The van der Waals surface area contributed by atoms with Crippen LogP contribution in [0.4, 0.5) is 0 Å². The highest BCUT2D eigenvalue weighted by Crippen LogP contribution is 2.33. The topological polar surface area (TPSA) is 41.6 Å². The van der Waals surface area contributed by atoms with Crippen molar-refractivity contribution < 1.29 is 9.53 Å². The van der Waals surface area contributed by atoms with E-state index in [2.05, 4.69) is 36.0 Å². The summed E-state index contributed by atoms with van der Waals surface area (Å²) in [4.78, 5) is 14.6. The van der Waals surface area contributed by atoms with E-state index < -0.39 is 0 Å². The van der Waals surface area contributed by atoms with E-state index in [9.17, 15) is 4.79 Å². The van der Waals surface area contributed by atoms with Gasteiger partial charge in [-0.05, 0) is 48.6 Å². The second-order valence-electron chi connectivity index (χ2n) is 5.95. The summed E-state index contributed by atoms with van der Waals surface area (Å²) in [5.41, 5.74) is 0.995. The summed E-state index contributed by atoms with van der Waals surface area (Å²) >= 11 is 1.67. The first-order valence-electron chi connectivity index (χ1n) is 7.35. The van der Waals surface area contributed by atoms with E-state index in [0.717, 1.165) is 25.9 Å². The summed E-state index contributed by atoms with van der Waals surface area (Å²) in [6, 6.07) is 2.03. The van der Waals surface area contributed by atoms with Crippen LogP contribution in [0.2, 0.25) is 0 Å². The molecule has 1 aromatic heterocycles. The molecular weight excluding hydrogens is 272 g/mol. The number of nitrogens with zero attached hydrogens (tertiary/aromatic N) is 1. The van der Waals surface area contributed by atoms with Gasteiger partial charge in [-0.3, -0.25) is 10.1 Å². The third-order valence-electron chi connectivity index (χ3n) is 4.32. The van der Waals surface area contributed by atoms with Gasteiger partial charge in [-0.2, -0.15) is 11.3 Å². The van der Waals surface area contributed by atoms with Gasteiger partial charge in [0.15, 0.2) is 0 Å². The molecule has 3 heterocycles. The molecule has 3 atom stereocenters. The molecule has 20 heavy (non-hydrogen) atoms. The Kier molecular flexibility index (Phi) is 3.84. The molecule has 2 aliphatic heterocycles. The molecule has 2 saturated heterocycles. The number of amides is 1. The van der Waals surface area contributed by atoms with Crippen LogP contribution < -0.4 is 5.32 Å². The fourth-order valence-electron chi connectivity index (χ4n) is 3.17. The fourth-order valence-corrected chi connectivity index (χ4v) is 3.85. The summed E-state index contributed by atoms with van der Waals surface area (Å²) in [5.74, 6) is 0.209. The van der Waals surface area contributed by atoms with Gasteiger partial charge in [0, 0.05) is 6.61 Å². The molecule has 0 bridgehead atoms. The number of rotatable bonds is 4. The lowest BCUT2D eigenvalue weighted by Gasteiger charge is -2.32. The van der Waals surface area contributed by atoms with Gasteiger partial charge in [0.1, 0.15) is 6.17 Å². The molecule has 0 saturated carbocycles. The average molecular weight is 294 g/mol. The maximum Gasteiger partial charge on any atom is 0.241 e. The van der Waals surface area contributed by atoms with Crippen molar-refractivity contribution in [3.8, 4) is 0 Å². The summed E-state index contributed by atoms with van der Waals surface area (Å²) in [6.07, 6.45) is 2.95. The lowest BCUT2D eigenvalue weighted by Crippen LogP contribution is -2.43. The Labute approximate surface area is 124 Å². The van der Waals surface area contributed by atoms with E-state index in [1.807, 2.05) is 4.90 Å². The minimum Gasteiger partial charge on any atom is -0.373 e. The number of hydrogen-bond acceptors (Lipinski definition) is 4. The lowest BCUT2D eigenvalue weighted by molar-refractivity contribution is -0.133. The summed E-state index contributed by atoms with van der Waals surface area (Å²) in [5, 5.41) is 7.64. The highest BCUT2D eigenvalue weighted by molar-refractivity contribution is 7.07. The Morgan fingerprint density at radius 2 is 2.45 bits per heavy atom. The van der Waals surface area contributed by atoms with Crippen molar-refractivity contribution in [3.05, 3.63) is 22.4 Å². The molecule has 5 heteroatoms. The van der Waals surface area contributed by atoms with E-state index in [1.54, 1.807) is 11.3 Å². The maximum absolute atomic E-state index is 12.6. The van der Waals surface area contributed by atoms with Crippen molar-refractivity contribution in [2.24, 2.45) is 0 Å². The van der Waals surface area contributed by atoms with Crippen LogP contribution >= 0.6 is 11.3 Å². The van der Waals surface area contributed by atoms with Gasteiger partial charge in [-0.15, -0.1) is 0 Å². The van der Waals surface area contributed by atoms with Crippen LogP contribution in [0.25, 0.3) is 0 Å². The van der Waals surface area contributed by atoms with Gasteiger partial charge in [0.25, 0.3) is 0 Å². The van der Waals surface area contributed by atoms with Crippen molar-refractivity contribution >= 4 is 17.2 Å². The minimum absolute atomic E-state index is 0.000255. The molecule has 2 aliphatic rings. The fraction of sp³-hybridized carbons (Fsp3) is 0.667. The Morgan fingerprint density at radius 1 is 1.60 bits per heavy atom. The zero-order valence-corrected chi connectivity index (χ0v) is 12.9. The highest BCUT2D eigenvalue weighted by Gasteiger charge is 2.43. The number of carbonyl (C=O) groups is 1. The zero-order valence-electron chi connectivity index (χ0n) is 12.1. The largest absolute Gasteiger partial charge is 0.373 e. The normalized spacial score (nSPS) is 34.1. The number of hydrogen-bond donors (Lipinski definition) is 1. The number of thiophene rings is 1. The number of nitrogens with one attached hydrogen (secondary N) is 1. The van der Waals surface area contributed by atoms with Crippen molar-refractivity contribution in [1.29, 1.82) is 0 Å². The predicted octanol–water partition coefficient (Wildman–Crippen LogP) is 2.53. The first-order chi connectivity index (χ1) is 9.63. The lowest BCUT2D eigenvalue weighted by atomic mass is 10.0. The van der Waals surface area contributed by atoms with Gasteiger partial charge in [0.05, 0.1) is 18.2 Å². The summed E-state index contributed by atoms with van der Waals surface area (Å²) in [6.45, 7) is 5.66. The predicted molar refractivity (Wildman–Crippen MR) is 79.6 cm³/mol. The summed E-state index contributed by atoms with van der Waals surface area (Å²) < 4.78 is 5.87. The molecule has 0 spiro atoms. The Morgan fingerprint density at radius 3 is 3.05 bits per heavy atom. The smallest absolute Gasteiger partial charge is 0.241 e. The SMILES string of the molecule is CCC1NC(c2ccsc2)N(CC2(C)CCCO2)C1=O. The van der Waals surface area contributed by atoms with Crippen molar-refractivity contribution in [3.63, 3.8) is 0 Å². The zero-order chi connectivity index (χ0) is 14.2. The van der Waals surface area contributed by atoms with Crippen LogP contribution in [-0.2, 0) is 9.53 Å². The quantitative estimate of drug-likeness (QED) is 0.928. The highest BCUT2D eigenvalue weighted by atomic mass is 32.1. The second-order valence-corrected chi connectivity index (χ2v) is 6.73. The van der Waals surface area contributed by atoms with Crippen LogP contribution in [0.1, 0.15) is 44.8 Å². The minimum atomic E-state index is -0.186. The van der Waals surface area contributed by atoms with Crippen molar-refractivity contribution in [2.75, 3.05) is 13.2 Å². The molecule has 2 fully saturated rings. The van der Waals surface area contributed by atoms with Crippen molar-refractivity contribution in [2.45, 2.75) is 50.9 Å². The first-order valence-corrected chi connectivity index (χ1v) is 8.30. The van der Waals surface area contributed by atoms with Gasteiger partial charge in [-0.1, -0.05) is 6.92 Å². The van der Waals surface area contributed by atoms with E-state index in [0.29, 0.717) is 6.54 Å². The molecular formula is C15H22N2O2S. The molecule has 1 aromatic rings. The van der Waals surface area contributed by atoms with Gasteiger partial charge in [-0.25, -0.2) is 0 Å². The first kappa shape index (κ1) is 14.0. The van der Waals surface area contributed by atoms with E-state index in [4.69, 9.17) is 4.74 Å². The average Bonchev–Trinajstić information content (AvgIpc) is 3.13. The van der Waals surface area contributed by atoms with Gasteiger partial charge < -0.3 is 9.64 Å². The standard InChI is InChI=1S/C15H22N2O2S/c1-3-12-14(18)17(10-15(2)6-4-7-19-15)13(16-12)11-5-8-20-9-11/h5,8-9,12-13,16H,3-4,6-7,10H2,1-2H3. The van der Waals surface area contributed by atoms with Gasteiger partial charge >= 0.3 is 0 Å².